The quantitative estimate of drug-likeness (QED) is 0.729. The van der Waals surface area contributed by atoms with Gasteiger partial charge in [0, 0.05) is 31.5 Å². The molecule has 0 spiro atoms. The van der Waals surface area contributed by atoms with Crippen LogP contribution in [0.15, 0.2) is 24.3 Å². The lowest BCUT2D eigenvalue weighted by Gasteiger charge is -2.34. The number of anilines is 1. The molecular weight excluding hydrogens is 202 g/mol. The molecule has 0 aliphatic carbocycles. The summed E-state index contributed by atoms with van der Waals surface area (Å²) >= 11 is 0. The molecule has 0 radical (unpaired) electrons. The number of nitrogens with zero attached hydrogens (tertiary/aromatic N) is 1. The molecule has 0 saturated carbocycles. The number of para-hydroxylation sites is 1. The monoisotopic (exact) mass is 219 g/mol. The largest absolute Gasteiger partial charge is 0.380 e. The molecule has 3 heteroatoms. The second-order valence-corrected chi connectivity index (χ2v) is 4.12. The van der Waals surface area contributed by atoms with Crippen molar-refractivity contribution < 1.29 is 9.53 Å². The second-order valence-electron chi connectivity index (χ2n) is 4.12. The molecule has 0 bridgehead atoms. The van der Waals surface area contributed by atoms with Crippen LogP contribution < -0.4 is 4.90 Å². The summed E-state index contributed by atoms with van der Waals surface area (Å²) in [5.41, 5.74) is 1.79. The Balaban J connectivity index is 2.19. The van der Waals surface area contributed by atoms with Crippen molar-refractivity contribution in [2.24, 2.45) is 0 Å². The number of hydrogen-bond acceptors (Lipinski definition) is 3. The summed E-state index contributed by atoms with van der Waals surface area (Å²) in [5.74, 6) is 0. The number of piperidine rings is 1. The molecule has 2 rings (SSSR count). The standard InChI is InChI=1S/C13H17NO2/c1-16-12-6-4-8-14(9-12)13-7-3-2-5-11(13)10-15/h2-3,5,7,10,12H,4,6,8-9H2,1H3. The van der Waals surface area contributed by atoms with Gasteiger partial charge in [0.05, 0.1) is 6.10 Å². The number of hydrogen-bond donors (Lipinski definition) is 0. The van der Waals surface area contributed by atoms with E-state index in [1.54, 1.807) is 7.11 Å². The van der Waals surface area contributed by atoms with Gasteiger partial charge in [0.1, 0.15) is 0 Å². The Morgan fingerprint density at radius 3 is 3.00 bits per heavy atom. The molecule has 1 aliphatic heterocycles. The first-order valence-electron chi connectivity index (χ1n) is 5.67. The van der Waals surface area contributed by atoms with Crippen LogP contribution in [0.1, 0.15) is 23.2 Å². The molecule has 1 atom stereocenters. The molecule has 1 heterocycles. The highest BCUT2D eigenvalue weighted by molar-refractivity contribution is 5.84. The zero-order valence-corrected chi connectivity index (χ0v) is 9.56. The third kappa shape index (κ3) is 2.25. The van der Waals surface area contributed by atoms with Crippen LogP contribution in [0.4, 0.5) is 5.69 Å². The van der Waals surface area contributed by atoms with Crippen LogP contribution >= 0.6 is 0 Å². The third-order valence-corrected chi connectivity index (χ3v) is 3.12. The van der Waals surface area contributed by atoms with E-state index in [1.165, 1.54) is 0 Å². The van der Waals surface area contributed by atoms with Crippen molar-refractivity contribution in [3.8, 4) is 0 Å². The number of methoxy groups -OCH3 is 1. The normalized spacial score (nSPS) is 20.8. The van der Waals surface area contributed by atoms with E-state index in [9.17, 15) is 4.79 Å². The molecule has 1 saturated heterocycles. The zero-order chi connectivity index (χ0) is 11.4. The van der Waals surface area contributed by atoms with E-state index in [0.29, 0.717) is 0 Å². The lowest BCUT2D eigenvalue weighted by atomic mass is 10.1. The van der Waals surface area contributed by atoms with Crippen LogP contribution in [0, 0.1) is 0 Å². The fourth-order valence-corrected chi connectivity index (χ4v) is 2.22. The maximum absolute atomic E-state index is 11.0. The molecule has 0 amide bonds. The fraction of sp³-hybridized carbons (Fsp3) is 0.462. The Bertz CT molecular complexity index is 365. The van der Waals surface area contributed by atoms with Crippen molar-refractivity contribution in [2.75, 3.05) is 25.1 Å². The van der Waals surface area contributed by atoms with E-state index in [1.807, 2.05) is 24.3 Å². The molecule has 0 aromatic heterocycles. The summed E-state index contributed by atoms with van der Waals surface area (Å²) in [4.78, 5) is 13.2. The van der Waals surface area contributed by atoms with Gasteiger partial charge in [-0.15, -0.1) is 0 Å². The smallest absolute Gasteiger partial charge is 0.152 e. The number of aldehydes is 1. The lowest BCUT2D eigenvalue weighted by molar-refractivity contribution is 0.0892. The van der Waals surface area contributed by atoms with Crippen molar-refractivity contribution in [3.05, 3.63) is 29.8 Å². The van der Waals surface area contributed by atoms with Crippen molar-refractivity contribution >= 4 is 12.0 Å². The van der Waals surface area contributed by atoms with Crippen LogP contribution in [0.25, 0.3) is 0 Å². The van der Waals surface area contributed by atoms with Gasteiger partial charge in [0.25, 0.3) is 0 Å². The van der Waals surface area contributed by atoms with Crippen LogP contribution in [-0.2, 0) is 4.74 Å². The summed E-state index contributed by atoms with van der Waals surface area (Å²) in [6.07, 6.45) is 3.43. The minimum absolute atomic E-state index is 0.286. The highest BCUT2D eigenvalue weighted by Crippen LogP contribution is 2.23. The zero-order valence-electron chi connectivity index (χ0n) is 9.56. The molecule has 1 aromatic carbocycles. The first-order valence-corrected chi connectivity index (χ1v) is 5.67. The maximum Gasteiger partial charge on any atom is 0.152 e. The minimum atomic E-state index is 0.286. The van der Waals surface area contributed by atoms with Gasteiger partial charge in [-0.1, -0.05) is 12.1 Å². The third-order valence-electron chi connectivity index (χ3n) is 3.12. The van der Waals surface area contributed by atoms with E-state index in [-0.39, 0.29) is 6.10 Å². The first-order chi connectivity index (χ1) is 7.85. The highest BCUT2D eigenvalue weighted by Gasteiger charge is 2.20. The Hall–Kier alpha value is -1.35. The maximum atomic E-state index is 11.0. The molecule has 1 aromatic rings. The topological polar surface area (TPSA) is 29.5 Å². The van der Waals surface area contributed by atoms with Gasteiger partial charge in [0.15, 0.2) is 6.29 Å². The SMILES string of the molecule is COC1CCCN(c2ccccc2C=O)C1. The number of rotatable bonds is 3. The number of carbonyl (C=O) groups excluding carboxylic acids is 1. The van der Waals surface area contributed by atoms with Crippen molar-refractivity contribution in [3.63, 3.8) is 0 Å². The Kier molecular flexibility index (Phi) is 3.57. The summed E-state index contributed by atoms with van der Waals surface area (Å²) in [6, 6.07) is 7.73. The molecular formula is C13H17NO2. The Morgan fingerprint density at radius 1 is 1.44 bits per heavy atom. The second kappa shape index (κ2) is 5.12. The van der Waals surface area contributed by atoms with E-state index >= 15 is 0 Å². The Morgan fingerprint density at radius 2 is 2.25 bits per heavy atom. The van der Waals surface area contributed by atoms with Gasteiger partial charge < -0.3 is 9.64 Å². The fourth-order valence-electron chi connectivity index (χ4n) is 2.22. The molecule has 86 valence electrons. The van der Waals surface area contributed by atoms with E-state index in [2.05, 4.69) is 4.90 Å². The van der Waals surface area contributed by atoms with Gasteiger partial charge in [-0.2, -0.15) is 0 Å². The number of carbonyl (C=O) groups is 1. The van der Waals surface area contributed by atoms with Crippen molar-refractivity contribution in [2.45, 2.75) is 18.9 Å². The van der Waals surface area contributed by atoms with Gasteiger partial charge in [-0.25, -0.2) is 0 Å². The molecule has 1 unspecified atom stereocenters. The Labute approximate surface area is 96.0 Å². The molecule has 1 fully saturated rings. The van der Waals surface area contributed by atoms with E-state index in [4.69, 9.17) is 4.74 Å². The van der Waals surface area contributed by atoms with Crippen molar-refractivity contribution in [1.29, 1.82) is 0 Å². The lowest BCUT2D eigenvalue weighted by Crippen LogP contribution is -2.39. The van der Waals surface area contributed by atoms with E-state index in [0.717, 1.165) is 43.5 Å². The van der Waals surface area contributed by atoms with Crippen LogP contribution in [-0.4, -0.2) is 32.6 Å². The molecule has 0 N–H and O–H groups in total. The molecule has 1 aliphatic rings. The predicted molar refractivity (Wildman–Crippen MR) is 64.1 cm³/mol. The minimum Gasteiger partial charge on any atom is -0.380 e. The molecule has 16 heavy (non-hydrogen) atoms. The average Bonchev–Trinajstić information content (AvgIpc) is 2.38. The average molecular weight is 219 g/mol. The van der Waals surface area contributed by atoms with Gasteiger partial charge in [-0.3, -0.25) is 4.79 Å². The summed E-state index contributed by atoms with van der Waals surface area (Å²) in [5, 5.41) is 0. The number of benzene rings is 1. The molecule has 3 nitrogen and oxygen atoms in total. The predicted octanol–water partition coefficient (Wildman–Crippen LogP) is 2.11. The summed E-state index contributed by atoms with van der Waals surface area (Å²) < 4.78 is 5.39. The summed E-state index contributed by atoms with van der Waals surface area (Å²) in [7, 11) is 1.75. The van der Waals surface area contributed by atoms with Crippen LogP contribution in [0.5, 0.6) is 0 Å². The van der Waals surface area contributed by atoms with Gasteiger partial charge in [-0.05, 0) is 25.0 Å². The summed E-state index contributed by atoms with van der Waals surface area (Å²) in [6.45, 7) is 1.88. The van der Waals surface area contributed by atoms with Gasteiger partial charge in [0.2, 0.25) is 0 Å². The highest BCUT2D eigenvalue weighted by atomic mass is 16.5. The van der Waals surface area contributed by atoms with E-state index < -0.39 is 0 Å². The van der Waals surface area contributed by atoms with Crippen LogP contribution in [0.3, 0.4) is 0 Å². The van der Waals surface area contributed by atoms with Gasteiger partial charge >= 0.3 is 0 Å². The van der Waals surface area contributed by atoms with Crippen molar-refractivity contribution in [1.82, 2.24) is 0 Å². The van der Waals surface area contributed by atoms with Crippen LogP contribution in [0.2, 0.25) is 0 Å². The number of ether oxygens (including phenoxy) is 1. The first kappa shape index (κ1) is 11.1.